The van der Waals surface area contributed by atoms with E-state index in [-0.39, 0.29) is 36.0 Å². The number of carbonyl (C=O) groups is 2. The maximum atomic E-state index is 15.9. The molecule has 0 saturated heterocycles. The second-order valence-electron chi connectivity index (χ2n) is 16.6. The van der Waals surface area contributed by atoms with Crippen molar-refractivity contribution >= 4 is 25.6 Å². The summed E-state index contributed by atoms with van der Waals surface area (Å²) in [6.07, 6.45) is 4.22. The number of carbonyl (C=O) groups excluding carboxylic acids is 2. The normalized spacial score (nSPS) is 21.6. The van der Waals surface area contributed by atoms with Gasteiger partial charge in [-0.3, -0.25) is 14.5 Å². The molecule has 1 heterocycles. The summed E-state index contributed by atoms with van der Waals surface area (Å²) in [6.45, 7) is 19.5. The molecule has 3 aliphatic rings. The molecule has 0 bridgehead atoms. The number of fused-ring (bicyclic) bond motifs is 4. The number of nitrogens with zero attached hydrogens (tertiary/aromatic N) is 2. The van der Waals surface area contributed by atoms with Gasteiger partial charge in [0.1, 0.15) is 36.0 Å². The van der Waals surface area contributed by atoms with Gasteiger partial charge in [-0.25, -0.2) is 0 Å². The van der Waals surface area contributed by atoms with E-state index in [1.807, 2.05) is 79.8 Å². The fraction of sp³-hybridized carbons (Fsp3) is 0.370. The predicted octanol–water partition coefficient (Wildman–Crippen LogP) is 9.24. The van der Waals surface area contributed by atoms with Gasteiger partial charge in [0, 0.05) is 30.1 Å². The maximum absolute atomic E-state index is 15.9. The number of Topliss-reactive ketones (excluding diaryl/α,β-unsaturated/α-hetero) is 2. The van der Waals surface area contributed by atoms with Crippen LogP contribution in [0.1, 0.15) is 71.6 Å². The molecule has 57 heavy (non-hydrogen) atoms. The highest BCUT2D eigenvalue weighted by molar-refractivity contribution is 6.74. The van der Waals surface area contributed by atoms with Gasteiger partial charge in [0.05, 0.1) is 18.7 Å². The zero-order valence-electron chi connectivity index (χ0n) is 33.7. The molecular weight excluding hydrogens is 737 g/mol. The van der Waals surface area contributed by atoms with Gasteiger partial charge < -0.3 is 28.3 Å². The van der Waals surface area contributed by atoms with E-state index in [4.69, 9.17) is 23.2 Å². The topological polar surface area (TPSA) is 121 Å². The fourth-order valence-electron chi connectivity index (χ4n) is 8.42. The lowest BCUT2D eigenvalue weighted by molar-refractivity contribution is -0.141. The standard InChI is InChI=1S/C46H52N2O8Si/c1-9-23-48(24-10-2)39-33-26-31-25-32-34(52-6)21-22-35(53-27-29-17-13-11-14-18-29)37(32)40(49)36(31)42(50)46(33,56-57(7,8)45(3,4)5)43(51)38-41(39)55-47-44(38)54-28-30-19-15-12-16-20-30/h9-22,31,33,39,49H,1-2,23-28H2,3-8H3/t31-,33-,39-,46-/m0/s1. The fourth-order valence-corrected chi connectivity index (χ4v) is 9.87. The first-order valence-corrected chi connectivity index (χ1v) is 22.4. The van der Waals surface area contributed by atoms with Crippen LogP contribution in [0, 0.1) is 11.8 Å². The molecule has 4 atom stereocenters. The Morgan fingerprint density at radius 2 is 1.49 bits per heavy atom. The summed E-state index contributed by atoms with van der Waals surface area (Å²) in [7, 11) is -1.37. The summed E-state index contributed by atoms with van der Waals surface area (Å²) in [5, 5.41) is 16.5. The summed E-state index contributed by atoms with van der Waals surface area (Å²) in [4.78, 5) is 33.7. The SMILES string of the molecule is C=CCN(CC=C)[C@@H]1c2onc(OCc3ccccc3)c2C(=O)[C@@]2(O[Si](C)(C)C(C)(C)C)C(=O)C3=C(O)c4c(OCc5ccccc5)ccc(OC)c4C[C@H]3C[C@@H]12. The van der Waals surface area contributed by atoms with E-state index in [0.717, 1.165) is 16.7 Å². The number of methoxy groups -OCH3 is 1. The third-order valence-corrected chi connectivity index (χ3v) is 16.6. The van der Waals surface area contributed by atoms with E-state index in [1.165, 1.54) is 0 Å². The molecule has 0 unspecified atom stereocenters. The van der Waals surface area contributed by atoms with Crippen molar-refractivity contribution in [1.29, 1.82) is 0 Å². The van der Waals surface area contributed by atoms with Gasteiger partial charge in [-0.2, -0.15) is 0 Å². The quantitative estimate of drug-likeness (QED) is 0.0752. The van der Waals surface area contributed by atoms with Crippen LogP contribution in [0.15, 0.2) is 108 Å². The second kappa shape index (κ2) is 15.6. The third kappa shape index (κ3) is 6.95. The molecule has 0 amide bonds. The van der Waals surface area contributed by atoms with Crippen molar-refractivity contribution in [3.05, 3.63) is 137 Å². The first-order valence-electron chi connectivity index (χ1n) is 19.5. The Labute approximate surface area is 335 Å². The Kier molecular flexibility index (Phi) is 10.9. The Morgan fingerprint density at radius 1 is 0.895 bits per heavy atom. The second-order valence-corrected chi connectivity index (χ2v) is 21.4. The lowest BCUT2D eigenvalue weighted by atomic mass is 9.57. The first kappa shape index (κ1) is 40.0. The molecule has 0 spiro atoms. The number of benzene rings is 3. The molecule has 3 aromatic carbocycles. The highest BCUT2D eigenvalue weighted by atomic mass is 28.4. The van der Waals surface area contributed by atoms with Crippen LogP contribution in [-0.2, 0) is 28.9 Å². The molecule has 1 aromatic heterocycles. The molecule has 1 N–H and O–H groups in total. The number of aliphatic hydroxyl groups excluding tert-OH is 1. The van der Waals surface area contributed by atoms with E-state index in [1.54, 1.807) is 25.3 Å². The van der Waals surface area contributed by atoms with Gasteiger partial charge in [-0.15, -0.1) is 13.2 Å². The summed E-state index contributed by atoms with van der Waals surface area (Å²) < 4.78 is 31.9. The Bertz CT molecular complexity index is 2200. The van der Waals surface area contributed by atoms with Crippen LogP contribution < -0.4 is 14.2 Å². The summed E-state index contributed by atoms with van der Waals surface area (Å²) in [5.74, 6) is -1.36. The van der Waals surface area contributed by atoms with Gasteiger partial charge >= 0.3 is 0 Å². The number of aromatic nitrogens is 1. The van der Waals surface area contributed by atoms with Crippen molar-refractivity contribution in [2.45, 2.75) is 76.6 Å². The molecule has 1 saturated carbocycles. The maximum Gasteiger partial charge on any atom is 0.265 e. The molecule has 298 valence electrons. The van der Waals surface area contributed by atoms with Crippen LogP contribution in [0.4, 0.5) is 0 Å². The number of hydrogen-bond acceptors (Lipinski definition) is 10. The Hall–Kier alpha value is -5.23. The van der Waals surface area contributed by atoms with Crippen LogP contribution in [0.25, 0.3) is 5.76 Å². The lowest BCUT2D eigenvalue weighted by Crippen LogP contribution is -2.68. The molecule has 4 aromatic rings. The molecule has 0 radical (unpaired) electrons. The predicted molar refractivity (Wildman–Crippen MR) is 221 cm³/mol. The largest absolute Gasteiger partial charge is 0.507 e. The van der Waals surface area contributed by atoms with E-state index in [9.17, 15) is 5.11 Å². The van der Waals surface area contributed by atoms with E-state index in [0.29, 0.717) is 48.8 Å². The van der Waals surface area contributed by atoms with Crippen molar-refractivity contribution in [2.75, 3.05) is 20.2 Å². The van der Waals surface area contributed by atoms with Gasteiger partial charge in [0.2, 0.25) is 11.6 Å². The number of ketones is 2. The summed E-state index contributed by atoms with van der Waals surface area (Å²) >= 11 is 0. The monoisotopic (exact) mass is 788 g/mol. The molecule has 11 heteroatoms. The molecule has 7 rings (SSSR count). The number of hydrogen-bond donors (Lipinski definition) is 1. The van der Waals surface area contributed by atoms with Gasteiger partial charge in [0.15, 0.2) is 19.7 Å². The molecule has 1 fully saturated rings. The van der Waals surface area contributed by atoms with Crippen molar-refractivity contribution in [2.24, 2.45) is 11.8 Å². The van der Waals surface area contributed by atoms with Gasteiger partial charge in [-0.1, -0.05) is 93.6 Å². The molecule has 3 aliphatic carbocycles. The summed E-state index contributed by atoms with van der Waals surface area (Å²) in [6, 6.07) is 22.2. The van der Waals surface area contributed by atoms with E-state index >= 15 is 9.59 Å². The van der Waals surface area contributed by atoms with Gasteiger partial charge in [0.25, 0.3) is 5.88 Å². The van der Waals surface area contributed by atoms with Crippen molar-refractivity contribution < 1.29 is 37.9 Å². The van der Waals surface area contributed by atoms with Crippen LogP contribution >= 0.6 is 0 Å². The van der Waals surface area contributed by atoms with Crippen molar-refractivity contribution in [3.63, 3.8) is 0 Å². The number of aliphatic hydroxyl groups is 1. The zero-order valence-corrected chi connectivity index (χ0v) is 34.7. The zero-order chi connectivity index (χ0) is 40.7. The highest BCUT2D eigenvalue weighted by Gasteiger charge is 2.69. The summed E-state index contributed by atoms with van der Waals surface area (Å²) in [5.41, 5.74) is 1.08. The van der Waals surface area contributed by atoms with E-state index < -0.39 is 48.4 Å². The smallest absolute Gasteiger partial charge is 0.265 e. The Balaban J connectivity index is 1.44. The molecule has 10 nitrogen and oxygen atoms in total. The number of ether oxygens (including phenoxy) is 3. The van der Waals surface area contributed by atoms with E-state index in [2.05, 4.69) is 44.0 Å². The third-order valence-electron chi connectivity index (χ3n) is 12.1. The lowest BCUT2D eigenvalue weighted by Gasteiger charge is -2.55. The first-order chi connectivity index (χ1) is 27.3. The van der Waals surface area contributed by atoms with Crippen molar-refractivity contribution in [1.82, 2.24) is 10.1 Å². The van der Waals surface area contributed by atoms with Gasteiger partial charge in [-0.05, 0) is 65.3 Å². The van der Waals surface area contributed by atoms with Crippen molar-refractivity contribution in [3.8, 4) is 17.4 Å². The highest BCUT2D eigenvalue weighted by Crippen LogP contribution is 2.60. The minimum absolute atomic E-state index is 0.0129. The minimum Gasteiger partial charge on any atom is -0.507 e. The molecular formula is C46H52N2O8Si. The Morgan fingerprint density at radius 3 is 2.07 bits per heavy atom. The van der Waals surface area contributed by atoms with Crippen LogP contribution in [0.3, 0.4) is 0 Å². The average Bonchev–Trinajstić information content (AvgIpc) is 3.61. The van der Waals surface area contributed by atoms with Crippen LogP contribution in [0.2, 0.25) is 18.1 Å². The molecule has 0 aliphatic heterocycles. The minimum atomic E-state index is -2.95. The average molecular weight is 789 g/mol. The van der Waals surface area contributed by atoms with Crippen LogP contribution in [-0.4, -0.2) is 60.8 Å². The number of rotatable bonds is 14. The van der Waals surface area contributed by atoms with Crippen LogP contribution in [0.5, 0.6) is 17.4 Å².